The molecule has 1 rings (SSSR count). The van der Waals surface area contributed by atoms with Crippen molar-refractivity contribution in [1.29, 1.82) is 0 Å². The fraction of sp³-hybridized carbons (Fsp3) is 0.429. The molecule has 0 N–H and O–H groups in total. The Bertz CT molecular complexity index is 156. The lowest BCUT2D eigenvalue weighted by atomic mass is 10.3. The third kappa shape index (κ3) is 2.06. The fourth-order valence-corrected chi connectivity index (χ4v) is 2.45. The third-order valence-corrected chi connectivity index (χ3v) is 3.52. The van der Waals surface area contributed by atoms with E-state index in [0.29, 0.717) is 10.1 Å². The predicted molar refractivity (Wildman–Crippen MR) is 49.4 cm³/mol. The first-order valence-corrected chi connectivity index (χ1v) is 4.86. The molecule has 0 amide bonds. The number of methoxy groups -OCH3 is 1. The molecule has 0 saturated carbocycles. The normalized spacial score (nSPS) is 31.8. The van der Waals surface area contributed by atoms with Crippen molar-refractivity contribution in [3.8, 4) is 0 Å². The zero-order chi connectivity index (χ0) is 7.40. The van der Waals surface area contributed by atoms with Crippen LogP contribution in [0.4, 0.5) is 0 Å². The number of ether oxygens (including phenoxy) is 1. The minimum atomic E-state index is 0.462. The molecule has 56 valence electrons. The number of alkyl halides is 1. The Morgan fingerprint density at radius 1 is 1.70 bits per heavy atom. The van der Waals surface area contributed by atoms with Gasteiger partial charge in [0.15, 0.2) is 0 Å². The first-order valence-electron chi connectivity index (χ1n) is 3.00. The lowest BCUT2D eigenvalue weighted by Gasteiger charge is -2.05. The summed E-state index contributed by atoms with van der Waals surface area (Å²) >= 11 is 5.32. The monoisotopic (exact) mass is 220 g/mol. The lowest BCUT2D eigenvalue weighted by molar-refractivity contribution is 0.336. The van der Waals surface area contributed by atoms with E-state index in [1.54, 1.807) is 25.1 Å². The third-order valence-electron chi connectivity index (χ3n) is 1.22. The highest BCUT2D eigenvalue weighted by atomic mass is 79.9. The van der Waals surface area contributed by atoms with Crippen LogP contribution in [0.1, 0.15) is 0 Å². The quantitative estimate of drug-likeness (QED) is 0.523. The first-order chi connectivity index (χ1) is 4.84. The molecule has 0 aromatic rings. The molecule has 1 aliphatic rings. The van der Waals surface area contributed by atoms with Crippen molar-refractivity contribution in [2.24, 2.45) is 0 Å². The lowest BCUT2D eigenvalue weighted by Crippen LogP contribution is -2.06. The van der Waals surface area contributed by atoms with Crippen LogP contribution in [-0.2, 0) is 4.74 Å². The van der Waals surface area contributed by atoms with Crippen molar-refractivity contribution >= 4 is 27.7 Å². The van der Waals surface area contributed by atoms with Crippen molar-refractivity contribution in [2.45, 2.75) is 10.1 Å². The molecule has 1 nitrogen and oxygen atoms in total. The maximum atomic E-state index is 4.81. The van der Waals surface area contributed by atoms with Gasteiger partial charge in [-0.1, -0.05) is 22.0 Å². The maximum Gasteiger partial charge on any atom is 0.0796 e. The molecule has 0 saturated heterocycles. The summed E-state index contributed by atoms with van der Waals surface area (Å²) in [4.78, 5) is 0.462. The standard InChI is InChI=1S/C7H9BrOS/c1-9-4-2-7-6(8)3-5-10-7/h2-7H,1H3. The second-order valence-electron chi connectivity index (χ2n) is 1.94. The Kier molecular flexibility index (Phi) is 3.35. The van der Waals surface area contributed by atoms with Crippen LogP contribution in [-0.4, -0.2) is 17.2 Å². The van der Waals surface area contributed by atoms with Gasteiger partial charge in [-0.2, -0.15) is 0 Å². The summed E-state index contributed by atoms with van der Waals surface area (Å²) in [7, 11) is 1.66. The average Bonchev–Trinajstić information content (AvgIpc) is 2.31. The van der Waals surface area contributed by atoms with Crippen LogP contribution in [0, 0.1) is 0 Å². The summed E-state index contributed by atoms with van der Waals surface area (Å²) in [6.07, 6.45) is 5.90. The van der Waals surface area contributed by atoms with Gasteiger partial charge in [0.2, 0.25) is 0 Å². The van der Waals surface area contributed by atoms with Gasteiger partial charge >= 0.3 is 0 Å². The Labute approximate surface area is 73.6 Å². The number of allylic oxidation sites excluding steroid dienone is 1. The highest BCUT2D eigenvalue weighted by Gasteiger charge is 2.17. The Hall–Kier alpha value is 0.110. The summed E-state index contributed by atoms with van der Waals surface area (Å²) < 4.78 is 4.81. The van der Waals surface area contributed by atoms with Crippen LogP contribution in [0.5, 0.6) is 0 Å². The van der Waals surface area contributed by atoms with Crippen LogP contribution in [0.3, 0.4) is 0 Å². The molecule has 2 unspecified atom stereocenters. The Morgan fingerprint density at radius 3 is 3.00 bits per heavy atom. The van der Waals surface area contributed by atoms with Gasteiger partial charge in [-0.3, -0.25) is 0 Å². The van der Waals surface area contributed by atoms with Crippen molar-refractivity contribution in [1.82, 2.24) is 0 Å². The van der Waals surface area contributed by atoms with Crippen LogP contribution in [0.15, 0.2) is 23.8 Å². The Morgan fingerprint density at radius 2 is 2.50 bits per heavy atom. The number of hydrogen-bond acceptors (Lipinski definition) is 2. The zero-order valence-corrected chi connectivity index (χ0v) is 8.06. The summed E-state index contributed by atoms with van der Waals surface area (Å²) in [6, 6.07) is 0. The van der Waals surface area contributed by atoms with Gasteiger partial charge in [0.25, 0.3) is 0 Å². The van der Waals surface area contributed by atoms with E-state index in [0.717, 1.165) is 0 Å². The molecular weight excluding hydrogens is 212 g/mol. The highest BCUT2D eigenvalue weighted by Crippen LogP contribution is 2.30. The fourth-order valence-electron chi connectivity index (χ4n) is 0.703. The summed E-state index contributed by atoms with van der Waals surface area (Å²) in [5.74, 6) is 0. The first kappa shape index (κ1) is 8.21. The molecular formula is C7H9BrOS. The molecule has 1 heterocycles. The smallest absolute Gasteiger partial charge is 0.0796 e. The number of thioether (sulfide) groups is 1. The molecule has 1 aliphatic heterocycles. The summed E-state index contributed by atoms with van der Waals surface area (Å²) in [5.41, 5.74) is 0. The van der Waals surface area contributed by atoms with E-state index in [1.807, 2.05) is 6.08 Å². The topological polar surface area (TPSA) is 9.23 Å². The number of rotatable bonds is 2. The molecule has 0 bridgehead atoms. The van der Waals surface area contributed by atoms with Gasteiger partial charge in [-0.25, -0.2) is 0 Å². The van der Waals surface area contributed by atoms with E-state index in [-0.39, 0.29) is 0 Å². The van der Waals surface area contributed by atoms with E-state index < -0.39 is 0 Å². The number of hydrogen-bond donors (Lipinski definition) is 0. The van der Waals surface area contributed by atoms with Gasteiger partial charge in [0.05, 0.1) is 13.4 Å². The molecule has 0 spiro atoms. The SMILES string of the molecule is COC=CC1SC=CC1Br. The minimum Gasteiger partial charge on any atom is -0.505 e. The van der Waals surface area contributed by atoms with E-state index in [2.05, 4.69) is 27.4 Å². The van der Waals surface area contributed by atoms with E-state index in [9.17, 15) is 0 Å². The summed E-state index contributed by atoms with van der Waals surface area (Å²) in [5, 5.41) is 2.60. The molecule has 0 aromatic heterocycles. The second-order valence-corrected chi connectivity index (χ2v) is 4.08. The van der Waals surface area contributed by atoms with Crippen molar-refractivity contribution < 1.29 is 4.74 Å². The molecule has 0 aliphatic carbocycles. The van der Waals surface area contributed by atoms with Crippen LogP contribution >= 0.6 is 27.7 Å². The Balaban J connectivity index is 2.36. The zero-order valence-electron chi connectivity index (χ0n) is 5.66. The van der Waals surface area contributed by atoms with Crippen LogP contribution < -0.4 is 0 Å². The maximum absolute atomic E-state index is 4.81. The van der Waals surface area contributed by atoms with Crippen LogP contribution in [0.25, 0.3) is 0 Å². The van der Waals surface area contributed by atoms with Gasteiger partial charge in [-0.05, 0) is 11.5 Å². The largest absolute Gasteiger partial charge is 0.505 e. The van der Waals surface area contributed by atoms with Crippen molar-refractivity contribution in [3.63, 3.8) is 0 Å². The number of halogens is 1. The van der Waals surface area contributed by atoms with Crippen LogP contribution in [0.2, 0.25) is 0 Å². The summed E-state index contributed by atoms with van der Waals surface area (Å²) in [6.45, 7) is 0. The van der Waals surface area contributed by atoms with E-state index in [4.69, 9.17) is 4.74 Å². The van der Waals surface area contributed by atoms with Crippen molar-refractivity contribution in [3.05, 3.63) is 23.8 Å². The van der Waals surface area contributed by atoms with Gasteiger partial charge in [-0.15, -0.1) is 11.8 Å². The van der Waals surface area contributed by atoms with E-state index in [1.165, 1.54) is 0 Å². The molecule has 2 atom stereocenters. The van der Waals surface area contributed by atoms with Gasteiger partial charge < -0.3 is 4.74 Å². The minimum absolute atomic E-state index is 0.462. The predicted octanol–water partition coefficient (Wildman–Crippen LogP) is 2.54. The highest BCUT2D eigenvalue weighted by molar-refractivity contribution is 9.09. The molecule has 0 aromatic carbocycles. The molecule has 10 heavy (non-hydrogen) atoms. The van der Waals surface area contributed by atoms with Crippen molar-refractivity contribution in [2.75, 3.05) is 7.11 Å². The van der Waals surface area contributed by atoms with E-state index >= 15 is 0 Å². The van der Waals surface area contributed by atoms with Gasteiger partial charge in [0.1, 0.15) is 0 Å². The average molecular weight is 221 g/mol. The van der Waals surface area contributed by atoms with Gasteiger partial charge in [0, 0.05) is 10.1 Å². The molecule has 0 fully saturated rings. The molecule has 3 heteroatoms. The molecule has 0 radical (unpaired) electrons. The second kappa shape index (κ2) is 4.09.